The van der Waals surface area contributed by atoms with Crippen molar-refractivity contribution >= 4 is 5.69 Å². The Labute approximate surface area is 111 Å². The van der Waals surface area contributed by atoms with Crippen LogP contribution in [0.15, 0.2) is 12.1 Å². The third-order valence-electron chi connectivity index (χ3n) is 4.29. The SMILES string of the molecule is CCC1CCC(Nc2ccc(C)c(OC)c2C)C1. The molecule has 0 aliphatic heterocycles. The van der Waals surface area contributed by atoms with Crippen LogP contribution in [0.1, 0.15) is 43.7 Å². The first-order valence-electron chi connectivity index (χ1n) is 7.06. The van der Waals surface area contributed by atoms with Gasteiger partial charge in [0, 0.05) is 17.3 Å². The molecule has 2 heteroatoms. The Kier molecular flexibility index (Phi) is 4.15. The van der Waals surface area contributed by atoms with Gasteiger partial charge >= 0.3 is 0 Å². The number of aryl methyl sites for hydroxylation is 1. The number of hydrogen-bond donors (Lipinski definition) is 1. The molecule has 1 fully saturated rings. The predicted molar refractivity (Wildman–Crippen MR) is 77.5 cm³/mol. The Hall–Kier alpha value is -1.18. The smallest absolute Gasteiger partial charge is 0.126 e. The fourth-order valence-electron chi connectivity index (χ4n) is 3.09. The standard InChI is InChI=1S/C16H25NO/c1-5-13-7-8-14(10-13)17-15-9-6-11(2)16(18-4)12(15)3/h6,9,13-14,17H,5,7-8,10H2,1-4H3. The van der Waals surface area contributed by atoms with Crippen molar-refractivity contribution in [1.29, 1.82) is 0 Å². The lowest BCUT2D eigenvalue weighted by Gasteiger charge is -2.19. The molecule has 1 aromatic rings. The Balaban J connectivity index is 2.10. The van der Waals surface area contributed by atoms with Crippen LogP contribution in [0.5, 0.6) is 5.75 Å². The van der Waals surface area contributed by atoms with Gasteiger partial charge < -0.3 is 10.1 Å². The van der Waals surface area contributed by atoms with Crippen LogP contribution in [0.25, 0.3) is 0 Å². The van der Waals surface area contributed by atoms with E-state index >= 15 is 0 Å². The van der Waals surface area contributed by atoms with Crippen molar-refractivity contribution in [2.45, 2.75) is 52.5 Å². The summed E-state index contributed by atoms with van der Waals surface area (Å²) < 4.78 is 5.48. The molecule has 1 aliphatic carbocycles. The molecule has 0 aromatic heterocycles. The van der Waals surface area contributed by atoms with Crippen LogP contribution < -0.4 is 10.1 Å². The Bertz CT molecular complexity index is 414. The number of ether oxygens (including phenoxy) is 1. The average molecular weight is 247 g/mol. The normalized spacial score (nSPS) is 23.1. The second-order valence-electron chi connectivity index (χ2n) is 5.52. The van der Waals surface area contributed by atoms with Gasteiger partial charge in [-0.1, -0.05) is 19.4 Å². The lowest BCUT2D eigenvalue weighted by atomic mass is 10.0. The molecule has 0 spiro atoms. The molecule has 1 aliphatic rings. The summed E-state index contributed by atoms with van der Waals surface area (Å²) >= 11 is 0. The van der Waals surface area contributed by atoms with Gasteiger partial charge in [0.15, 0.2) is 0 Å². The molecular formula is C16H25NO. The maximum atomic E-state index is 5.48. The van der Waals surface area contributed by atoms with Crippen LogP contribution >= 0.6 is 0 Å². The number of anilines is 1. The Morgan fingerprint density at radius 1 is 1.28 bits per heavy atom. The predicted octanol–water partition coefficient (Wildman–Crippen LogP) is 4.30. The summed E-state index contributed by atoms with van der Waals surface area (Å²) in [6.07, 6.45) is 5.30. The molecular weight excluding hydrogens is 222 g/mol. The number of nitrogens with one attached hydrogen (secondary N) is 1. The minimum Gasteiger partial charge on any atom is -0.496 e. The molecule has 1 aromatic carbocycles. The number of rotatable bonds is 4. The van der Waals surface area contributed by atoms with Gasteiger partial charge in [-0.25, -0.2) is 0 Å². The second kappa shape index (κ2) is 5.64. The van der Waals surface area contributed by atoms with E-state index in [1.165, 1.54) is 42.5 Å². The van der Waals surface area contributed by atoms with Crippen molar-refractivity contribution in [2.24, 2.45) is 5.92 Å². The molecule has 100 valence electrons. The summed E-state index contributed by atoms with van der Waals surface area (Å²) in [6, 6.07) is 4.97. The van der Waals surface area contributed by atoms with E-state index in [0.29, 0.717) is 6.04 Å². The molecule has 0 amide bonds. The van der Waals surface area contributed by atoms with E-state index in [4.69, 9.17) is 4.74 Å². The summed E-state index contributed by atoms with van der Waals surface area (Å²) in [4.78, 5) is 0. The highest BCUT2D eigenvalue weighted by atomic mass is 16.5. The van der Waals surface area contributed by atoms with E-state index in [1.54, 1.807) is 7.11 Å². The average Bonchev–Trinajstić information content (AvgIpc) is 2.81. The van der Waals surface area contributed by atoms with E-state index in [-0.39, 0.29) is 0 Å². The molecule has 2 rings (SSSR count). The Morgan fingerprint density at radius 2 is 2.06 bits per heavy atom. The van der Waals surface area contributed by atoms with Crippen LogP contribution in [-0.2, 0) is 0 Å². The topological polar surface area (TPSA) is 21.3 Å². The molecule has 2 atom stereocenters. The van der Waals surface area contributed by atoms with Crippen LogP contribution in [0.3, 0.4) is 0 Å². The first-order valence-corrected chi connectivity index (χ1v) is 7.06. The monoisotopic (exact) mass is 247 g/mol. The van der Waals surface area contributed by atoms with Gasteiger partial charge in [-0.15, -0.1) is 0 Å². The lowest BCUT2D eigenvalue weighted by molar-refractivity contribution is 0.409. The van der Waals surface area contributed by atoms with Crippen molar-refractivity contribution < 1.29 is 4.74 Å². The van der Waals surface area contributed by atoms with E-state index in [2.05, 4.69) is 38.2 Å². The summed E-state index contributed by atoms with van der Waals surface area (Å²) in [7, 11) is 1.75. The summed E-state index contributed by atoms with van der Waals surface area (Å²) in [6.45, 7) is 6.53. The quantitative estimate of drug-likeness (QED) is 0.856. The van der Waals surface area contributed by atoms with Crippen molar-refractivity contribution in [3.8, 4) is 5.75 Å². The van der Waals surface area contributed by atoms with Gasteiger partial charge in [-0.05, 0) is 50.7 Å². The first-order chi connectivity index (χ1) is 8.65. The lowest BCUT2D eigenvalue weighted by Crippen LogP contribution is -2.16. The van der Waals surface area contributed by atoms with Crippen molar-refractivity contribution in [3.63, 3.8) is 0 Å². The van der Waals surface area contributed by atoms with Gasteiger partial charge in [0.25, 0.3) is 0 Å². The molecule has 0 saturated heterocycles. The van der Waals surface area contributed by atoms with Gasteiger partial charge in [0.1, 0.15) is 5.75 Å². The van der Waals surface area contributed by atoms with Crippen LogP contribution in [-0.4, -0.2) is 13.2 Å². The van der Waals surface area contributed by atoms with Crippen molar-refractivity contribution in [1.82, 2.24) is 0 Å². The van der Waals surface area contributed by atoms with E-state index < -0.39 is 0 Å². The second-order valence-corrected chi connectivity index (χ2v) is 5.52. The maximum absolute atomic E-state index is 5.48. The molecule has 2 nitrogen and oxygen atoms in total. The molecule has 0 heterocycles. The zero-order chi connectivity index (χ0) is 13.1. The maximum Gasteiger partial charge on any atom is 0.126 e. The molecule has 1 saturated carbocycles. The van der Waals surface area contributed by atoms with Crippen LogP contribution in [0.4, 0.5) is 5.69 Å². The van der Waals surface area contributed by atoms with Gasteiger partial charge in [-0.2, -0.15) is 0 Å². The summed E-state index contributed by atoms with van der Waals surface area (Å²) in [5, 5.41) is 3.70. The third kappa shape index (κ3) is 2.63. The van der Waals surface area contributed by atoms with Crippen LogP contribution in [0.2, 0.25) is 0 Å². The number of benzene rings is 1. The highest BCUT2D eigenvalue weighted by Gasteiger charge is 2.23. The van der Waals surface area contributed by atoms with E-state index in [0.717, 1.165) is 11.7 Å². The van der Waals surface area contributed by atoms with Crippen LogP contribution in [0, 0.1) is 19.8 Å². The fourth-order valence-corrected chi connectivity index (χ4v) is 3.09. The van der Waals surface area contributed by atoms with E-state index in [9.17, 15) is 0 Å². The van der Waals surface area contributed by atoms with Gasteiger partial charge in [-0.3, -0.25) is 0 Å². The van der Waals surface area contributed by atoms with Crippen molar-refractivity contribution in [3.05, 3.63) is 23.3 Å². The minimum atomic E-state index is 0.640. The molecule has 18 heavy (non-hydrogen) atoms. The van der Waals surface area contributed by atoms with Crippen molar-refractivity contribution in [2.75, 3.05) is 12.4 Å². The number of methoxy groups -OCH3 is 1. The van der Waals surface area contributed by atoms with Gasteiger partial charge in [0.05, 0.1) is 7.11 Å². The largest absolute Gasteiger partial charge is 0.496 e. The Morgan fingerprint density at radius 3 is 2.67 bits per heavy atom. The first kappa shape index (κ1) is 13.3. The zero-order valence-corrected chi connectivity index (χ0v) is 12.0. The molecule has 0 radical (unpaired) electrons. The highest BCUT2D eigenvalue weighted by molar-refractivity contribution is 5.60. The summed E-state index contributed by atoms with van der Waals surface area (Å²) in [5.74, 6) is 1.93. The molecule has 2 unspecified atom stereocenters. The van der Waals surface area contributed by atoms with Gasteiger partial charge in [0.2, 0.25) is 0 Å². The number of hydrogen-bond acceptors (Lipinski definition) is 2. The highest BCUT2D eigenvalue weighted by Crippen LogP contribution is 2.34. The van der Waals surface area contributed by atoms with E-state index in [1.807, 2.05) is 0 Å². The fraction of sp³-hybridized carbons (Fsp3) is 0.625. The summed E-state index contributed by atoms with van der Waals surface area (Å²) in [5.41, 5.74) is 3.68. The minimum absolute atomic E-state index is 0.640. The zero-order valence-electron chi connectivity index (χ0n) is 12.0. The molecule has 0 bridgehead atoms. The third-order valence-corrected chi connectivity index (χ3v) is 4.29. The molecule has 1 N–H and O–H groups in total.